The Morgan fingerprint density at radius 2 is 2.14 bits per heavy atom. The van der Waals surface area contributed by atoms with E-state index in [9.17, 15) is 14.7 Å². The third kappa shape index (κ3) is 4.69. The second-order valence-electron chi connectivity index (χ2n) is 6.42. The van der Waals surface area contributed by atoms with Crippen molar-refractivity contribution in [3.8, 4) is 11.5 Å². The molecule has 28 heavy (non-hydrogen) atoms. The first-order valence-corrected chi connectivity index (χ1v) is 9.48. The van der Waals surface area contributed by atoms with Gasteiger partial charge in [-0.2, -0.15) is 5.10 Å². The van der Waals surface area contributed by atoms with Gasteiger partial charge in [-0.15, -0.1) is 0 Å². The second kappa shape index (κ2) is 8.88. The van der Waals surface area contributed by atoms with Gasteiger partial charge in [-0.05, 0) is 33.6 Å². The first kappa shape index (κ1) is 19.9. The topological polar surface area (TPSA) is 91.2 Å². The number of nitrogens with zero attached hydrogens (tertiary/aromatic N) is 2. The molecule has 1 unspecified atom stereocenters. The number of aromatic hydroxyl groups is 1. The number of rotatable bonds is 6. The van der Waals surface area contributed by atoms with Gasteiger partial charge in [-0.3, -0.25) is 9.59 Å². The van der Waals surface area contributed by atoms with E-state index in [-0.39, 0.29) is 30.0 Å². The second-order valence-corrected chi connectivity index (χ2v) is 7.28. The standard InChI is InChI=1S/C20H20BrN3O4/c1-28-18-7-14(16(21)9-17(18)25)10-22-23-19(26)12-24-11-15(8-20(24)27)13-5-3-2-4-6-13/h2-7,9-10,15,25H,8,11-12H2,1H3,(H,23,26). The average Bonchev–Trinajstić information content (AvgIpc) is 3.04. The molecule has 2 amide bonds. The quantitative estimate of drug-likeness (QED) is 0.527. The molecular weight excluding hydrogens is 426 g/mol. The summed E-state index contributed by atoms with van der Waals surface area (Å²) in [4.78, 5) is 25.9. The normalized spacial score (nSPS) is 16.6. The van der Waals surface area contributed by atoms with Crippen LogP contribution in [-0.4, -0.2) is 48.2 Å². The van der Waals surface area contributed by atoms with Crippen LogP contribution in [0, 0.1) is 0 Å². The minimum atomic E-state index is -0.375. The monoisotopic (exact) mass is 445 g/mol. The predicted octanol–water partition coefficient (Wildman–Crippen LogP) is 2.63. The van der Waals surface area contributed by atoms with Crippen molar-refractivity contribution in [3.63, 3.8) is 0 Å². The molecule has 146 valence electrons. The highest BCUT2D eigenvalue weighted by atomic mass is 79.9. The zero-order valence-corrected chi connectivity index (χ0v) is 16.8. The maximum Gasteiger partial charge on any atom is 0.259 e. The number of hydrogen-bond donors (Lipinski definition) is 2. The molecule has 1 saturated heterocycles. The number of hydrazone groups is 1. The Morgan fingerprint density at radius 3 is 2.86 bits per heavy atom. The maximum atomic E-state index is 12.2. The Hall–Kier alpha value is -2.87. The maximum absolute atomic E-state index is 12.2. The Labute approximate surface area is 171 Å². The van der Waals surface area contributed by atoms with Crippen LogP contribution in [0.25, 0.3) is 0 Å². The molecule has 2 N–H and O–H groups in total. The minimum Gasteiger partial charge on any atom is -0.504 e. The summed E-state index contributed by atoms with van der Waals surface area (Å²) >= 11 is 3.31. The molecule has 2 aromatic carbocycles. The zero-order valence-electron chi connectivity index (χ0n) is 15.3. The number of hydrogen-bond acceptors (Lipinski definition) is 5. The number of amides is 2. The van der Waals surface area contributed by atoms with Crippen LogP contribution in [0.15, 0.2) is 52.0 Å². The molecule has 1 heterocycles. The third-order valence-electron chi connectivity index (χ3n) is 4.51. The molecule has 1 aliphatic heterocycles. The number of carbonyl (C=O) groups is 2. The number of phenolic OH excluding ortho intramolecular Hbond substituents is 1. The molecule has 0 aromatic heterocycles. The highest BCUT2D eigenvalue weighted by Gasteiger charge is 2.31. The summed E-state index contributed by atoms with van der Waals surface area (Å²) in [7, 11) is 1.45. The number of phenols is 1. The number of ether oxygens (including phenoxy) is 1. The lowest BCUT2D eigenvalue weighted by atomic mass is 9.99. The summed E-state index contributed by atoms with van der Waals surface area (Å²) < 4.78 is 5.65. The number of carbonyl (C=O) groups excluding carboxylic acids is 2. The van der Waals surface area contributed by atoms with E-state index in [2.05, 4.69) is 26.5 Å². The van der Waals surface area contributed by atoms with Gasteiger partial charge in [0.1, 0.15) is 6.54 Å². The van der Waals surface area contributed by atoms with Crippen molar-refractivity contribution in [1.82, 2.24) is 10.3 Å². The largest absolute Gasteiger partial charge is 0.504 e. The van der Waals surface area contributed by atoms with Gasteiger partial charge in [0, 0.05) is 28.9 Å². The molecule has 1 atom stereocenters. The summed E-state index contributed by atoms with van der Waals surface area (Å²) in [6.45, 7) is 0.472. The molecular formula is C20H20BrN3O4. The third-order valence-corrected chi connectivity index (χ3v) is 5.20. The average molecular weight is 446 g/mol. The molecule has 2 aromatic rings. The van der Waals surface area contributed by atoms with Crippen LogP contribution in [-0.2, 0) is 9.59 Å². The van der Waals surface area contributed by atoms with E-state index in [1.165, 1.54) is 19.4 Å². The van der Waals surface area contributed by atoms with Crippen molar-refractivity contribution in [3.05, 3.63) is 58.1 Å². The lowest BCUT2D eigenvalue weighted by Gasteiger charge is -2.15. The summed E-state index contributed by atoms with van der Waals surface area (Å²) in [6.07, 6.45) is 1.84. The van der Waals surface area contributed by atoms with Gasteiger partial charge in [-0.1, -0.05) is 30.3 Å². The lowest BCUT2D eigenvalue weighted by Crippen LogP contribution is -2.36. The molecule has 0 saturated carbocycles. The Morgan fingerprint density at radius 1 is 1.39 bits per heavy atom. The summed E-state index contributed by atoms with van der Waals surface area (Å²) in [5.41, 5.74) is 4.15. The molecule has 3 rings (SSSR count). The number of halogens is 1. The lowest BCUT2D eigenvalue weighted by molar-refractivity contribution is -0.133. The fourth-order valence-corrected chi connectivity index (χ4v) is 3.51. The minimum absolute atomic E-state index is 0.00363. The van der Waals surface area contributed by atoms with Gasteiger partial charge in [0.25, 0.3) is 5.91 Å². The fraction of sp³-hybridized carbons (Fsp3) is 0.250. The van der Waals surface area contributed by atoms with E-state index in [0.29, 0.717) is 28.8 Å². The van der Waals surface area contributed by atoms with Crippen molar-refractivity contribution in [1.29, 1.82) is 0 Å². The summed E-state index contributed by atoms with van der Waals surface area (Å²) in [5, 5.41) is 13.6. The van der Waals surface area contributed by atoms with E-state index in [1.807, 2.05) is 30.3 Å². The van der Waals surface area contributed by atoms with Gasteiger partial charge in [0.2, 0.25) is 5.91 Å². The molecule has 0 bridgehead atoms. The SMILES string of the molecule is COc1cc(C=NNC(=O)CN2CC(c3ccccc3)CC2=O)c(Br)cc1O. The van der Waals surface area contributed by atoms with Gasteiger partial charge in [0.15, 0.2) is 11.5 Å². The molecule has 1 aliphatic rings. The first-order chi connectivity index (χ1) is 13.5. The van der Waals surface area contributed by atoms with Crippen molar-refractivity contribution in [2.24, 2.45) is 5.10 Å². The van der Waals surface area contributed by atoms with E-state index in [0.717, 1.165) is 5.56 Å². The van der Waals surface area contributed by atoms with Crippen LogP contribution < -0.4 is 10.2 Å². The molecule has 1 fully saturated rings. The highest BCUT2D eigenvalue weighted by molar-refractivity contribution is 9.10. The number of methoxy groups -OCH3 is 1. The molecule has 0 radical (unpaired) electrons. The van der Waals surface area contributed by atoms with Crippen molar-refractivity contribution < 1.29 is 19.4 Å². The number of benzene rings is 2. The Bertz CT molecular complexity index is 902. The van der Waals surface area contributed by atoms with Gasteiger partial charge in [0.05, 0.1) is 13.3 Å². The highest BCUT2D eigenvalue weighted by Crippen LogP contribution is 2.31. The fourth-order valence-electron chi connectivity index (χ4n) is 3.08. The van der Waals surface area contributed by atoms with E-state index in [1.54, 1.807) is 11.0 Å². The van der Waals surface area contributed by atoms with Crippen LogP contribution in [0.4, 0.5) is 0 Å². The Balaban J connectivity index is 1.56. The van der Waals surface area contributed by atoms with Crippen LogP contribution in [0.3, 0.4) is 0 Å². The van der Waals surface area contributed by atoms with Crippen molar-refractivity contribution in [2.45, 2.75) is 12.3 Å². The first-order valence-electron chi connectivity index (χ1n) is 8.69. The molecule has 8 heteroatoms. The van der Waals surface area contributed by atoms with Crippen LogP contribution in [0.1, 0.15) is 23.5 Å². The smallest absolute Gasteiger partial charge is 0.259 e. The van der Waals surface area contributed by atoms with Crippen molar-refractivity contribution >= 4 is 34.0 Å². The van der Waals surface area contributed by atoms with Crippen LogP contribution in [0.5, 0.6) is 11.5 Å². The van der Waals surface area contributed by atoms with Crippen LogP contribution in [0.2, 0.25) is 0 Å². The van der Waals surface area contributed by atoms with E-state index < -0.39 is 0 Å². The van der Waals surface area contributed by atoms with Crippen molar-refractivity contribution in [2.75, 3.05) is 20.2 Å². The van der Waals surface area contributed by atoms with Gasteiger partial charge >= 0.3 is 0 Å². The predicted molar refractivity (Wildman–Crippen MR) is 108 cm³/mol. The Kier molecular flexibility index (Phi) is 6.30. The molecule has 7 nitrogen and oxygen atoms in total. The van der Waals surface area contributed by atoms with Gasteiger partial charge in [-0.25, -0.2) is 5.43 Å². The number of likely N-dealkylation sites (tertiary alicyclic amines) is 1. The van der Waals surface area contributed by atoms with E-state index in [4.69, 9.17) is 4.74 Å². The zero-order chi connectivity index (χ0) is 20.1. The summed E-state index contributed by atoms with van der Waals surface area (Å²) in [6, 6.07) is 12.9. The van der Waals surface area contributed by atoms with E-state index >= 15 is 0 Å². The molecule has 0 aliphatic carbocycles. The van der Waals surface area contributed by atoms with Crippen LogP contribution >= 0.6 is 15.9 Å². The number of nitrogens with one attached hydrogen (secondary N) is 1. The summed E-state index contributed by atoms with van der Waals surface area (Å²) in [5.74, 6) is -0.0220. The molecule has 0 spiro atoms. The van der Waals surface area contributed by atoms with Gasteiger partial charge < -0.3 is 14.7 Å².